The number of allylic oxidation sites excluding steroid dienone is 3. The van der Waals surface area contributed by atoms with Crippen LogP contribution in [0.2, 0.25) is 0 Å². The third-order valence-corrected chi connectivity index (χ3v) is 9.89. The van der Waals surface area contributed by atoms with Gasteiger partial charge in [0.15, 0.2) is 5.78 Å². The van der Waals surface area contributed by atoms with Gasteiger partial charge >= 0.3 is 0 Å². The van der Waals surface area contributed by atoms with Gasteiger partial charge in [0.05, 0.1) is 0 Å². The SMILES string of the molecule is CCP1(=O)C(c2ccccc2)=CC(c2ccccc2)=CC1(C(C)=O)c1ccccc1. The maximum Gasteiger partial charge on any atom is 0.151 e. The molecule has 0 bridgehead atoms. The molecule has 3 heteroatoms. The van der Waals surface area contributed by atoms with Gasteiger partial charge in [0.2, 0.25) is 0 Å². The summed E-state index contributed by atoms with van der Waals surface area (Å²) < 4.78 is 14.9. The number of carbonyl (C=O) groups excluding carboxylic acids is 1. The van der Waals surface area contributed by atoms with Crippen molar-refractivity contribution in [2.45, 2.75) is 19.0 Å². The first-order valence-corrected chi connectivity index (χ1v) is 12.1. The fourth-order valence-corrected chi connectivity index (χ4v) is 8.03. The summed E-state index contributed by atoms with van der Waals surface area (Å²) in [4.78, 5) is 13.4. The topological polar surface area (TPSA) is 34.1 Å². The molecule has 0 aromatic heterocycles. The summed E-state index contributed by atoms with van der Waals surface area (Å²) >= 11 is 0. The molecule has 2 nitrogen and oxygen atoms in total. The maximum atomic E-state index is 14.9. The molecule has 2 unspecified atom stereocenters. The van der Waals surface area contributed by atoms with Crippen LogP contribution in [-0.2, 0) is 14.5 Å². The van der Waals surface area contributed by atoms with Gasteiger partial charge in [0, 0.05) is 11.5 Å². The molecule has 3 aromatic rings. The molecule has 0 radical (unpaired) electrons. The predicted octanol–water partition coefficient (Wildman–Crippen LogP) is 6.99. The van der Waals surface area contributed by atoms with Crippen molar-refractivity contribution in [2.24, 2.45) is 0 Å². The van der Waals surface area contributed by atoms with Crippen LogP contribution in [0.25, 0.3) is 10.9 Å². The van der Waals surface area contributed by atoms with E-state index in [1.54, 1.807) is 6.92 Å². The molecule has 1 aliphatic rings. The molecule has 0 N–H and O–H groups in total. The van der Waals surface area contributed by atoms with Gasteiger partial charge in [-0.1, -0.05) is 104 Å². The summed E-state index contributed by atoms with van der Waals surface area (Å²) in [5.74, 6) is -0.0890. The van der Waals surface area contributed by atoms with Crippen molar-refractivity contribution in [2.75, 3.05) is 6.16 Å². The van der Waals surface area contributed by atoms with Crippen LogP contribution < -0.4 is 0 Å². The highest BCUT2D eigenvalue weighted by molar-refractivity contribution is 7.76. The van der Waals surface area contributed by atoms with E-state index in [9.17, 15) is 9.36 Å². The van der Waals surface area contributed by atoms with Crippen LogP contribution in [0.15, 0.2) is 103 Å². The van der Waals surface area contributed by atoms with Crippen LogP contribution in [0, 0.1) is 0 Å². The average molecular weight is 412 g/mol. The van der Waals surface area contributed by atoms with Gasteiger partial charge in [-0.25, -0.2) is 0 Å². The zero-order valence-corrected chi connectivity index (χ0v) is 18.2. The fraction of sp³-hybridized carbons (Fsp3) is 0.148. The lowest BCUT2D eigenvalue weighted by Crippen LogP contribution is -2.35. The van der Waals surface area contributed by atoms with Crippen molar-refractivity contribution < 1.29 is 9.36 Å². The summed E-state index contributed by atoms with van der Waals surface area (Å²) in [7, 11) is -3.17. The van der Waals surface area contributed by atoms with E-state index in [1.807, 2.05) is 110 Å². The van der Waals surface area contributed by atoms with Crippen LogP contribution in [-0.4, -0.2) is 11.9 Å². The zero-order valence-electron chi connectivity index (χ0n) is 17.3. The van der Waals surface area contributed by atoms with Gasteiger partial charge in [-0.2, -0.15) is 0 Å². The molecule has 1 aliphatic heterocycles. The van der Waals surface area contributed by atoms with Gasteiger partial charge in [-0.15, -0.1) is 0 Å². The molecule has 0 fully saturated rings. The lowest BCUT2D eigenvalue weighted by Gasteiger charge is -2.41. The highest BCUT2D eigenvalue weighted by Crippen LogP contribution is 2.74. The number of benzene rings is 3. The van der Waals surface area contributed by atoms with Crippen molar-refractivity contribution in [3.63, 3.8) is 0 Å². The Morgan fingerprint density at radius 2 is 1.30 bits per heavy atom. The minimum atomic E-state index is -3.17. The molecule has 0 saturated carbocycles. The first-order valence-electron chi connectivity index (χ1n) is 10.2. The van der Waals surface area contributed by atoms with E-state index in [1.165, 1.54) is 0 Å². The second-order valence-electron chi connectivity index (χ2n) is 7.61. The van der Waals surface area contributed by atoms with Gasteiger partial charge in [0.25, 0.3) is 0 Å². The van der Waals surface area contributed by atoms with Crippen LogP contribution in [0.5, 0.6) is 0 Å². The third-order valence-electron chi connectivity index (χ3n) is 5.99. The van der Waals surface area contributed by atoms with E-state index >= 15 is 0 Å². The molecule has 0 saturated heterocycles. The minimum absolute atomic E-state index is 0.0890. The lowest BCUT2D eigenvalue weighted by atomic mass is 9.89. The summed E-state index contributed by atoms with van der Waals surface area (Å²) in [5, 5.41) is -0.417. The Bertz CT molecular complexity index is 1160. The van der Waals surface area contributed by atoms with E-state index < -0.39 is 12.3 Å². The first kappa shape index (κ1) is 20.3. The number of carbonyl (C=O) groups is 1. The van der Waals surface area contributed by atoms with E-state index in [2.05, 4.69) is 0 Å². The Balaban J connectivity index is 2.10. The molecule has 0 aliphatic carbocycles. The van der Waals surface area contributed by atoms with Crippen molar-refractivity contribution in [1.82, 2.24) is 0 Å². The first-order chi connectivity index (χ1) is 14.5. The molecular weight excluding hydrogens is 387 g/mol. The largest absolute Gasteiger partial charge is 0.317 e. The normalized spacial score (nSPS) is 23.4. The Morgan fingerprint density at radius 3 is 1.80 bits per heavy atom. The summed E-state index contributed by atoms with van der Waals surface area (Å²) in [6, 6.07) is 29.4. The number of hydrogen-bond acceptors (Lipinski definition) is 2. The molecule has 1 heterocycles. The molecule has 0 spiro atoms. The Labute approximate surface area is 178 Å². The smallest absolute Gasteiger partial charge is 0.151 e. The van der Waals surface area contributed by atoms with Gasteiger partial charge in [-0.05, 0) is 35.3 Å². The molecule has 4 rings (SSSR count). The van der Waals surface area contributed by atoms with E-state index in [0.717, 1.165) is 27.6 Å². The Kier molecular flexibility index (Phi) is 5.45. The molecule has 0 amide bonds. The standard InChI is InChI=1S/C27H25O2P/c1-3-30(29)26(23-15-9-5-10-16-23)19-24(22-13-7-4-8-14-22)20-27(30,21(2)28)25-17-11-6-12-18-25/h4-20H,3H2,1-2H3. The monoisotopic (exact) mass is 412 g/mol. The summed E-state index contributed by atoms with van der Waals surface area (Å²) in [5.41, 5.74) is 3.63. The number of rotatable bonds is 5. The van der Waals surface area contributed by atoms with E-state index in [-0.39, 0.29) is 5.78 Å². The lowest BCUT2D eigenvalue weighted by molar-refractivity contribution is -0.118. The third kappa shape index (κ3) is 3.13. The van der Waals surface area contributed by atoms with E-state index in [4.69, 9.17) is 0 Å². The fourth-order valence-electron chi connectivity index (χ4n) is 4.47. The van der Waals surface area contributed by atoms with Crippen molar-refractivity contribution in [1.29, 1.82) is 0 Å². The van der Waals surface area contributed by atoms with E-state index in [0.29, 0.717) is 6.16 Å². The van der Waals surface area contributed by atoms with Crippen LogP contribution in [0.1, 0.15) is 30.5 Å². The molecule has 3 aromatic carbocycles. The quantitative estimate of drug-likeness (QED) is 0.423. The van der Waals surface area contributed by atoms with Crippen molar-refractivity contribution >= 4 is 23.8 Å². The average Bonchev–Trinajstić information content (AvgIpc) is 2.80. The molecule has 2 atom stereocenters. The van der Waals surface area contributed by atoms with Crippen LogP contribution >= 0.6 is 7.14 Å². The Hall–Kier alpha value is -2.96. The molecule has 30 heavy (non-hydrogen) atoms. The second-order valence-corrected chi connectivity index (χ2v) is 10.9. The van der Waals surface area contributed by atoms with Gasteiger partial charge in [0.1, 0.15) is 12.3 Å². The number of hydrogen-bond donors (Lipinski definition) is 0. The van der Waals surface area contributed by atoms with Crippen LogP contribution in [0.4, 0.5) is 0 Å². The number of ketones is 1. The van der Waals surface area contributed by atoms with Crippen LogP contribution in [0.3, 0.4) is 0 Å². The minimum Gasteiger partial charge on any atom is -0.317 e. The highest BCUT2D eigenvalue weighted by atomic mass is 31.2. The summed E-state index contributed by atoms with van der Waals surface area (Å²) in [6.45, 7) is 3.50. The second kappa shape index (κ2) is 8.05. The molecular formula is C27H25O2P. The number of Topliss-reactive ketones (excluding diaryl/α,β-unsaturated/α-hetero) is 1. The van der Waals surface area contributed by atoms with Crippen molar-refractivity contribution in [3.8, 4) is 0 Å². The predicted molar refractivity (Wildman–Crippen MR) is 126 cm³/mol. The van der Waals surface area contributed by atoms with Gasteiger partial charge < -0.3 is 4.57 Å². The van der Waals surface area contributed by atoms with Crippen molar-refractivity contribution in [3.05, 3.63) is 120 Å². The Morgan fingerprint density at radius 1 is 0.800 bits per heavy atom. The maximum absolute atomic E-state index is 14.9. The summed E-state index contributed by atoms with van der Waals surface area (Å²) in [6.07, 6.45) is 4.39. The highest BCUT2D eigenvalue weighted by Gasteiger charge is 2.54. The van der Waals surface area contributed by atoms with Gasteiger partial charge in [-0.3, -0.25) is 4.79 Å². The molecule has 150 valence electrons. The zero-order chi connectivity index (χ0) is 21.2.